The second-order valence-corrected chi connectivity index (χ2v) is 7.44. The fourth-order valence-corrected chi connectivity index (χ4v) is 3.57. The van der Waals surface area contributed by atoms with Crippen LogP contribution in [0.15, 0.2) is 29.3 Å². The van der Waals surface area contributed by atoms with Crippen LogP contribution >= 0.6 is 11.6 Å². The normalized spacial score (nSPS) is 19.3. The number of rotatable bonds is 7. The molecular formula is C20H26ClN4O3+. The maximum absolute atomic E-state index is 12.8. The summed E-state index contributed by atoms with van der Waals surface area (Å²) in [6, 6.07) is 6.36. The number of benzene rings is 1. The maximum atomic E-state index is 12.8. The van der Waals surface area contributed by atoms with E-state index < -0.39 is 12.1 Å². The predicted octanol–water partition coefficient (Wildman–Crippen LogP) is 3.36. The van der Waals surface area contributed by atoms with Crippen molar-refractivity contribution in [3.05, 3.63) is 29.3 Å². The van der Waals surface area contributed by atoms with Gasteiger partial charge in [0.25, 0.3) is 17.8 Å². The summed E-state index contributed by atoms with van der Waals surface area (Å²) < 4.78 is 7.81. The van der Waals surface area contributed by atoms with Gasteiger partial charge in [0.15, 0.2) is 5.75 Å². The third-order valence-corrected chi connectivity index (χ3v) is 5.35. The minimum Gasteiger partial charge on any atom is -0.387 e. The van der Waals surface area contributed by atoms with E-state index in [0.29, 0.717) is 29.2 Å². The van der Waals surface area contributed by atoms with Gasteiger partial charge in [0.1, 0.15) is 0 Å². The number of hydrogen-bond acceptors (Lipinski definition) is 4. The van der Waals surface area contributed by atoms with Gasteiger partial charge in [-0.25, -0.2) is 9.37 Å². The first-order valence-corrected chi connectivity index (χ1v) is 10.0. The SMILES string of the molecule is CCCCCCC[N+]1=C(Oc2ccccc2Cl)N=C2C1C(=O)N(C)C(=O)N2C. The first kappa shape index (κ1) is 20.3. The number of unbranched alkanes of at least 4 members (excludes halogenated alkanes) is 4. The molecule has 28 heavy (non-hydrogen) atoms. The van der Waals surface area contributed by atoms with Crippen molar-refractivity contribution in [3.63, 3.8) is 0 Å². The van der Waals surface area contributed by atoms with Crippen molar-refractivity contribution >= 4 is 35.4 Å². The number of nitrogens with zero attached hydrogens (tertiary/aromatic N) is 4. The summed E-state index contributed by atoms with van der Waals surface area (Å²) >= 11 is 6.22. The van der Waals surface area contributed by atoms with E-state index in [1.807, 2.05) is 16.7 Å². The molecule has 2 aliphatic rings. The maximum Gasteiger partial charge on any atom is 0.502 e. The van der Waals surface area contributed by atoms with Gasteiger partial charge in [0.05, 0.1) is 11.6 Å². The van der Waals surface area contributed by atoms with Crippen molar-refractivity contribution in [1.82, 2.24) is 9.80 Å². The summed E-state index contributed by atoms with van der Waals surface area (Å²) in [5.74, 6) is 0.560. The van der Waals surface area contributed by atoms with Crippen molar-refractivity contribution in [3.8, 4) is 5.75 Å². The van der Waals surface area contributed by atoms with Gasteiger partial charge in [0.2, 0.25) is 0 Å². The monoisotopic (exact) mass is 405 g/mol. The highest BCUT2D eigenvalue weighted by Crippen LogP contribution is 2.26. The molecular weight excluding hydrogens is 380 g/mol. The Morgan fingerprint density at radius 1 is 1.11 bits per heavy atom. The van der Waals surface area contributed by atoms with Crippen LogP contribution in [0.4, 0.5) is 4.79 Å². The Morgan fingerprint density at radius 3 is 2.54 bits per heavy atom. The molecule has 1 fully saturated rings. The van der Waals surface area contributed by atoms with Crippen molar-refractivity contribution in [1.29, 1.82) is 0 Å². The summed E-state index contributed by atoms with van der Waals surface area (Å²) in [6.45, 7) is 2.79. The van der Waals surface area contributed by atoms with Crippen LogP contribution in [0.3, 0.4) is 0 Å². The fraction of sp³-hybridized carbons (Fsp3) is 0.500. The average molecular weight is 406 g/mol. The molecule has 0 radical (unpaired) electrons. The highest BCUT2D eigenvalue weighted by Gasteiger charge is 2.54. The average Bonchev–Trinajstić information content (AvgIpc) is 3.04. The zero-order valence-electron chi connectivity index (χ0n) is 16.5. The minimum absolute atomic E-state index is 0.298. The molecule has 0 bridgehead atoms. The van der Waals surface area contributed by atoms with Gasteiger partial charge in [-0.15, -0.1) is 0 Å². The lowest BCUT2D eigenvalue weighted by atomic mass is 10.1. The topological polar surface area (TPSA) is 65.2 Å². The standard InChI is InChI=1S/C20H26ClN4O3/c1-4-5-6-7-10-13-25-16-17(23(2)20(27)24(3)18(16)26)22-19(25)28-15-12-9-8-11-14(15)21/h8-9,11-12,16H,4-7,10,13H2,1-3H3/q+1. The van der Waals surface area contributed by atoms with E-state index in [2.05, 4.69) is 11.9 Å². The molecule has 150 valence electrons. The van der Waals surface area contributed by atoms with Crippen LogP contribution in [0.5, 0.6) is 5.75 Å². The molecule has 0 aliphatic carbocycles. The Morgan fingerprint density at radius 2 is 1.82 bits per heavy atom. The number of halogens is 1. The number of fused-ring (bicyclic) bond motifs is 1. The lowest BCUT2D eigenvalue weighted by molar-refractivity contribution is -0.542. The second-order valence-electron chi connectivity index (χ2n) is 7.03. The largest absolute Gasteiger partial charge is 0.502 e. The third-order valence-electron chi connectivity index (χ3n) is 5.03. The molecule has 3 amide bonds. The quantitative estimate of drug-likeness (QED) is 0.516. The molecule has 0 saturated carbocycles. The highest BCUT2D eigenvalue weighted by atomic mass is 35.5. The van der Waals surface area contributed by atoms with Crippen LogP contribution in [0.1, 0.15) is 39.0 Å². The van der Waals surface area contributed by atoms with Gasteiger partial charge < -0.3 is 4.74 Å². The summed E-state index contributed by atoms with van der Waals surface area (Å²) in [4.78, 5) is 32.2. The molecule has 1 aromatic rings. The van der Waals surface area contributed by atoms with Crippen LogP contribution in [0.2, 0.25) is 5.02 Å². The number of imide groups is 1. The molecule has 3 rings (SSSR count). The molecule has 0 aromatic heterocycles. The second kappa shape index (κ2) is 8.73. The van der Waals surface area contributed by atoms with Crippen molar-refractivity contribution in [2.75, 3.05) is 20.6 Å². The van der Waals surface area contributed by atoms with E-state index in [1.54, 1.807) is 19.2 Å². The van der Waals surface area contributed by atoms with Crippen LogP contribution in [-0.2, 0) is 4.79 Å². The van der Waals surface area contributed by atoms with Crippen molar-refractivity contribution in [2.24, 2.45) is 4.99 Å². The molecule has 2 aliphatic heterocycles. The number of para-hydroxylation sites is 1. The number of amides is 3. The number of urea groups is 1. The Bertz CT molecular complexity index is 836. The summed E-state index contributed by atoms with van der Waals surface area (Å²) in [5.41, 5.74) is 0. The lowest BCUT2D eigenvalue weighted by Crippen LogP contribution is -2.61. The molecule has 1 aromatic carbocycles. The predicted molar refractivity (Wildman–Crippen MR) is 108 cm³/mol. The summed E-state index contributed by atoms with van der Waals surface area (Å²) in [7, 11) is 3.11. The number of amidine groups is 2. The zero-order valence-corrected chi connectivity index (χ0v) is 17.3. The minimum atomic E-state index is -0.656. The Labute approximate surface area is 170 Å². The molecule has 2 heterocycles. The number of hydrogen-bond donors (Lipinski definition) is 0. The smallest absolute Gasteiger partial charge is 0.387 e. The summed E-state index contributed by atoms with van der Waals surface area (Å²) in [6.07, 6.45) is 5.48. The van der Waals surface area contributed by atoms with Crippen LogP contribution in [0.25, 0.3) is 0 Å². The highest BCUT2D eigenvalue weighted by molar-refractivity contribution is 6.32. The number of carbonyl (C=O) groups excluding carboxylic acids is 2. The van der Waals surface area contributed by atoms with Gasteiger partial charge in [-0.2, -0.15) is 0 Å². The van der Waals surface area contributed by atoms with Crippen molar-refractivity contribution in [2.45, 2.75) is 45.1 Å². The Balaban J connectivity index is 1.89. The van der Waals surface area contributed by atoms with E-state index in [1.165, 1.54) is 24.8 Å². The number of aliphatic imine (C=N–C) groups is 1. The van der Waals surface area contributed by atoms with E-state index >= 15 is 0 Å². The van der Waals surface area contributed by atoms with E-state index in [-0.39, 0.29) is 5.91 Å². The van der Waals surface area contributed by atoms with Crippen LogP contribution < -0.4 is 4.74 Å². The number of carbonyl (C=O) groups is 2. The third kappa shape index (κ3) is 3.90. The molecule has 0 N–H and O–H groups in total. The van der Waals surface area contributed by atoms with Gasteiger partial charge in [0, 0.05) is 19.1 Å². The zero-order chi connectivity index (χ0) is 20.3. The molecule has 1 unspecified atom stereocenters. The van der Waals surface area contributed by atoms with Gasteiger partial charge in [-0.05, 0) is 25.0 Å². The first-order chi connectivity index (χ1) is 13.5. The molecule has 7 nitrogen and oxygen atoms in total. The molecule has 1 atom stereocenters. The molecule has 1 saturated heterocycles. The van der Waals surface area contributed by atoms with E-state index in [0.717, 1.165) is 24.2 Å². The van der Waals surface area contributed by atoms with E-state index in [4.69, 9.17) is 16.3 Å². The van der Waals surface area contributed by atoms with E-state index in [9.17, 15) is 9.59 Å². The fourth-order valence-electron chi connectivity index (χ4n) is 3.39. The Kier molecular flexibility index (Phi) is 6.34. The van der Waals surface area contributed by atoms with Gasteiger partial charge >= 0.3 is 12.1 Å². The van der Waals surface area contributed by atoms with Crippen molar-refractivity contribution < 1.29 is 18.9 Å². The number of likely N-dealkylation sites (N-methyl/N-ethyl adjacent to an activating group) is 2. The summed E-state index contributed by atoms with van der Waals surface area (Å²) in [5, 5.41) is 0.459. The van der Waals surface area contributed by atoms with Crippen LogP contribution in [0, 0.1) is 0 Å². The molecule has 0 spiro atoms. The molecule has 8 heteroatoms. The first-order valence-electron chi connectivity index (χ1n) is 9.65. The Hall–Kier alpha value is -2.41. The number of ether oxygens (including phenoxy) is 1. The van der Waals surface area contributed by atoms with Crippen LogP contribution in [-0.4, -0.2) is 64.9 Å². The lowest BCUT2D eigenvalue weighted by Gasteiger charge is -2.30. The van der Waals surface area contributed by atoms with Gasteiger partial charge in [-0.3, -0.25) is 14.6 Å². The van der Waals surface area contributed by atoms with Gasteiger partial charge in [-0.1, -0.05) is 49.9 Å².